The average Bonchev–Trinajstić information content (AvgIpc) is 4.06. The highest BCUT2D eigenvalue weighted by molar-refractivity contribution is 6.07. The van der Waals surface area contributed by atoms with Crippen molar-refractivity contribution in [3.8, 4) is 28.1 Å². The van der Waals surface area contributed by atoms with Crippen LogP contribution < -0.4 is 15.4 Å². The van der Waals surface area contributed by atoms with Crippen molar-refractivity contribution in [3.63, 3.8) is 0 Å². The van der Waals surface area contributed by atoms with Crippen LogP contribution in [0.5, 0.6) is 5.75 Å². The highest BCUT2D eigenvalue weighted by atomic mass is 16.5. The number of rotatable bonds is 9. The zero-order valence-electron chi connectivity index (χ0n) is 35.4. The third-order valence-electron chi connectivity index (χ3n) is 12.5. The molecule has 316 valence electrons. The zero-order valence-corrected chi connectivity index (χ0v) is 35.4. The van der Waals surface area contributed by atoms with E-state index in [2.05, 4.69) is 57.0 Å². The van der Waals surface area contributed by atoms with Crippen LogP contribution in [0.4, 0.5) is 9.59 Å². The maximum absolute atomic E-state index is 14.0. The second-order valence-corrected chi connectivity index (χ2v) is 17.1. The molecule has 0 aliphatic carbocycles. The van der Waals surface area contributed by atoms with Crippen molar-refractivity contribution in [3.05, 3.63) is 65.9 Å². The fraction of sp³-hybridized carbons (Fsp3) is 0.467. The van der Waals surface area contributed by atoms with E-state index in [0.29, 0.717) is 18.3 Å². The number of aromatic nitrogens is 4. The molecule has 15 nitrogen and oxygen atoms in total. The molecule has 0 spiro atoms. The Morgan fingerprint density at radius 2 is 1.38 bits per heavy atom. The van der Waals surface area contributed by atoms with Crippen molar-refractivity contribution in [2.24, 2.45) is 11.8 Å². The van der Waals surface area contributed by atoms with Gasteiger partial charge in [-0.25, -0.2) is 19.6 Å². The number of methoxy groups -OCH3 is 2. The Morgan fingerprint density at radius 1 is 0.767 bits per heavy atom. The third kappa shape index (κ3) is 7.27. The van der Waals surface area contributed by atoms with Crippen molar-refractivity contribution < 1.29 is 33.4 Å². The molecule has 5 aromatic rings. The largest absolute Gasteiger partial charge is 0.488 e. The van der Waals surface area contributed by atoms with E-state index in [1.807, 2.05) is 63.6 Å². The molecule has 3 aliphatic rings. The number of H-pyrrole nitrogens is 2. The van der Waals surface area contributed by atoms with Gasteiger partial charge in [0.1, 0.15) is 36.1 Å². The molecule has 60 heavy (non-hydrogen) atoms. The first kappa shape index (κ1) is 40.7. The number of ether oxygens (including phenoxy) is 3. The molecular weight excluding hydrogens is 765 g/mol. The lowest BCUT2D eigenvalue weighted by atomic mass is 9.92. The first-order chi connectivity index (χ1) is 28.8. The maximum atomic E-state index is 14.0. The molecule has 2 aromatic heterocycles. The molecule has 8 rings (SSSR count). The van der Waals surface area contributed by atoms with Gasteiger partial charge in [0.05, 0.1) is 49.2 Å². The van der Waals surface area contributed by atoms with Gasteiger partial charge >= 0.3 is 12.2 Å². The first-order valence-corrected chi connectivity index (χ1v) is 20.9. The number of fused-ring (bicyclic) bond motifs is 6. The Bertz CT molecular complexity index is 2470. The summed E-state index contributed by atoms with van der Waals surface area (Å²) in [4.78, 5) is 72.7. The van der Waals surface area contributed by atoms with E-state index in [0.717, 1.165) is 81.2 Å². The molecule has 4 N–H and O–H groups in total. The lowest BCUT2D eigenvalue weighted by Crippen LogP contribution is -2.52. The summed E-state index contributed by atoms with van der Waals surface area (Å²) in [6.07, 6.45) is 3.69. The monoisotopic (exact) mass is 818 g/mol. The summed E-state index contributed by atoms with van der Waals surface area (Å²) in [6.45, 7) is 12.1. The molecule has 0 bridgehead atoms. The number of aromatic amines is 2. The van der Waals surface area contributed by atoms with Crippen molar-refractivity contribution in [1.29, 1.82) is 0 Å². The Kier molecular flexibility index (Phi) is 10.9. The molecule has 0 unspecified atom stereocenters. The smallest absolute Gasteiger partial charge is 0.407 e. The molecule has 5 heterocycles. The quantitative estimate of drug-likeness (QED) is 0.117. The van der Waals surface area contributed by atoms with Gasteiger partial charge in [-0.3, -0.25) is 9.59 Å². The number of nitrogens with zero attached hydrogens (tertiary/aromatic N) is 4. The minimum Gasteiger partial charge on any atom is -0.488 e. The average molecular weight is 819 g/mol. The normalized spacial score (nSPS) is 20.8. The number of imidazole rings is 2. The molecule has 0 radical (unpaired) electrons. The second-order valence-electron chi connectivity index (χ2n) is 17.1. The second kappa shape index (κ2) is 16.1. The summed E-state index contributed by atoms with van der Waals surface area (Å²) in [5.41, 5.74) is 6.58. The van der Waals surface area contributed by atoms with E-state index in [9.17, 15) is 19.2 Å². The van der Waals surface area contributed by atoms with E-state index in [1.54, 1.807) is 0 Å². The molecule has 15 heteroatoms. The van der Waals surface area contributed by atoms with Gasteiger partial charge in [0.2, 0.25) is 11.8 Å². The van der Waals surface area contributed by atoms with Crippen LogP contribution >= 0.6 is 0 Å². The van der Waals surface area contributed by atoms with Crippen molar-refractivity contribution in [1.82, 2.24) is 40.4 Å². The van der Waals surface area contributed by atoms with E-state index >= 15 is 0 Å². The maximum Gasteiger partial charge on any atom is 0.407 e. The van der Waals surface area contributed by atoms with Crippen LogP contribution in [0.3, 0.4) is 0 Å². The van der Waals surface area contributed by atoms with Gasteiger partial charge in [0.15, 0.2) is 0 Å². The Labute approximate surface area is 348 Å². The predicted molar refractivity (Wildman–Crippen MR) is 226 cm³/mol. The van der Waals surface area contributed by atoms with Crippen molar-refractivity contribution in [2.75, 3.05) is 14.2 Å². The van der Waals surface area contributed by atoms with E-state index < -0.39 is 24.3 Å². The summed E-state index contributed by atoms with van der Waals surface area (Å²) in [5.74, 6) is 1.62. The highest BCUT2D eigenvalue weighted by Gasteiger charge is 2.43. The van der Waals surface area contributed by atoms with E-state index in [-0.39, 0.29) is 47.8 Å². The van der Waals surface area contributed by atoms with Crippen molar-refractivity contribution >= 4 is 45.8 Å². The third-order valence-corrected chi connectivity index (χ3v) is 12.5. The molecule has 3 aromatic carbocycles. The highest BCUT2D eigenvalue weighted by Crippen LogP contribution is 2.44. The van der Waals surface area contributed by atoms with Gasteiger partial charge < -0.3 is 44.6 Å². The lowest BCUT2D eigenvalue weighted by molar-refractivity contribution is -0.138. The molecule has 0 saturated carbocycles. The summed E-state index contributed by atoms with van der Waals surface area (Å²) in [6, 6.07) is 12.6. The van der Waals surface area contributed by atoms with Crippen LogP contribution in [0.1, 0.15) is 96.5 Å². The Hall–Kier alpha value is -6.12. The number of hydrogen-bond donors (Lipinski definition) is 4. The SMILES string of the molecule is COC(=O)N[C@H](C(=O)N1[C@@H](C)CC[C@H]1c1ncc(-c2ccc3c(c2)COc2cc4c(ccc5[nH]c([C@@H]6CC[C@H](C)N6C(=O)[C@@H](NC(=O)OC)C(C)C)nc54)cc2-3)[nH]1)C(C)C. The van der Waals surface area contributed by atoms with Crippen LogP contribution in [0, 0.1) is 11.8 Å². The fourth-order valence-corrected chi connectivity index (χ4v) is 9.25. The predicted octanol–water partition coefficient (Wildman–Crippen LogP) is 7.53. The topological polar surface area (TPSA) is 184 Å². The zero-order chi connectivity index (χ0) is 42.6. The number of nitrogens with one attached hydrogen (secondary N) is 4. The van der Waals surface area contributed by atoms with Gasteiger partial charge in [-0.2, -0.15) is 0 Å². The molecule has 3 aliphatic heterocycles. The molecule has 2 fully saturated rings. The van der Waals surface area contributed by atoms with Gasteiger partial charge in [-0.05, 0) is 97.7 Å². The fourth-order valence-electron chi connectivity index (χ4n) is 9.25. The van der Waals surface area contributed by atoms with Crippen LogP contribution in [-0.2, 0) is 25.7 Å². The van der Waals surface area contributed by atoms with Gasteiger partial charge in [0.25, 0.3) is 0 Å². The molecule has 2 saturated heterocycles. The number of carbonyl (C=O) groups excluding carboxylic acids is 4. The summed E-state index contributed by atoms with van der Waals surface area (Å²) < 4.78 is 16.1. The number of likely N-dealkylation sites (tertiary alicyclic amines) is 2. The summed E-state index contributed by atoms with van der Waals surface area (Å²) >= 11 is 0. The Morgan fingerprint density at radius 3 is 1.98 bits per heavy atom. The minimum atomic E-state index is -0.726. The van der Waals surface area contributed by atoms with Crippen LogP contribution in [-0.4, -0.2) is 92.1 Å². The molecule has 4 amide bonds. The van der Waals surface area contributed by atoms with E-state index in [1.165, 1.54) is 14.2 Å². The molecular formula is C45H54N8O7. The summed E-state index contributed by atoms with van der Waals surface area (Å²) in [7, 11) is 2.59. The van der Waals surface area contributed by atoms with Crippen LogP contribution in [0.25, 0.3) is 44.2 Å². The van der Waals surface area contributed by atoms with Gasteiger partial charge in [-0.1, -0.05) is 45.9 Å². The number of hydrogen-bond acceptors (Lipinski definition) is 9. The number of alkyl carbamates (subject to hydrolysis) is 2. The lowest BCUT2D eigenvalue weighted by Gasteiger charge is -2.32. The minimum absolute atomic E-state index is 0.0158. The standard InChI is InChI=1S/C45H54N8O7/c1-22(2)37(50-44(56)58-7)42(54)52-24(5)9-15-34(52)40-46-20-33(48-40)27-11-13-29-28(17-27)21-60-36-19-30-26(18-31(29)36)12-14-32-39(30)49-41(47-32)35-16-10-25(6)53(35)43(55)38(23(3)4)51-45(57)59-8/h11-14,17-20,22-25,34-35,37-38H,9-10,15-16,21H2,1-8H3,(H,46,48)(H,47,49)(H,50,56)(H,51,57)/t24-,25-,34-,35-,37-,38-/m0/s1. The van der Waals surface area contributed by atoms with E-state index in [4.69, 9.17) is 24.2 Å². The number of amides is 4. The first-order valence-electron chi connectivity index (χ1n) is 20.9. The summed E-state index contributed by atoms with van der Waals surface area (Å²) in [5, 5.41) is 7.42. The van der Waals surface area contributed by atoms with Gasteiger partial charge in [0, 0.05) is 23.0 Å². The van der Waals surface area contributed by atoms with Crippen molar-refractivity contribution in [2.45, 2.75) is 110 Å². The van der Waals surface area contributed by atoms with Crippen LogP contribution in [0.2, 0.25) is 0 Å². The number of carbonyl (C=O) groups is 4. The number of benzene rings is 3. The molecule has 6 atom stereocenters. The van der Waals surface area contributed by atoms with Crippen LogP contribution in [0.15, 0.2) is 48.7 Å². The Balaban J connectivity index is 1.05. The van der Waals surface area contributed by atoms with Gasteiger partial charge in [-0.15, -0.1) is 0 Å².